The molecule has 0 unspecified atom stereocenters. The zero-order chi connectivity index (χ0) is 21.7. The van der Waals surface area contributed by atoms with Crippen LogP contribution in [0.5, 0.6) is 0 Å². The fourth-order valence-electron chi connectivity index (χ4n) is 3.04. The zero-order valence-electron chi connectivity index (χ0n) is 14.8. The summed E-state index contributed by atoms with van der Waals surface area (Å²) in [6, 6.07) is 4.56. The van der Waals surface area contributed by atoms with Crippen LogP contribution in [0.4, 0.5) is 26.3 Å². The van der Waals surface area contributed by atoms with Gasteiger partial charge in [-0.05, 0) is 12.1 Å². The number of hydrogen-bond acceptors (Lipinski definition) is 5. The lowest BCUT2D eigenvalue weighted by atomic mass is 10.1. The van der Waals surface area contributed by atoms with Crippen molar-refractivity contribution in [2.24, 2.45) is 0 Å². The maximum Gasteiger partial charge on any atom is 0.451 e. The first-order valence-electron chi connectivity index (χ1n) is 8.46. The van der Waals surface area contributed by atoms with E-state index >= 15 is 0 Å². The molecule has 4 rings (SSSR count). The molecule has 3 heterocycles. The molecule has 2 aromatic heterocycles. The topological polar surface area (TPSA) is 63.9 Å². The Kier molecular flexibility index (Phi) is 4.79. The maximum absolute atomic E-state index is 12.9. The van der Waals surface area contributed by atoms with Gasteiger partial charge in [-0.3, -0.25) is 4.79 Å². The average molecular weight is 447 g/mol. The summed E-state index contributed by atoms with van der Waals surface area (Å²) in [6.07, 6.45) is -9.16. The number of nitrogens with zero attached hydrogens (tertiary/aromatic N) is 5. The first-order valence-corrected chi connectivity index (χ1v) is 9.34. The lowest BCUT2D eigenvalue weighted by Gasteiger charge is -2.27. The fraction of sp³-hybridized carbons (Fsp3) is 0.294. The van der Waals surface area contributed by atoms with Gasteiger partial charge in [-0.15, -0.1) is 21.5 Å². The van der Waals surface area contributed by atoms with Crippen molar-refractivity contribution in [3.63, 3.8) is 0 Å². The summed E-state index contributed by atoms with van der Waals surface area (Å²) in [5.74, 6) is -1.66. The van der Waals surface area contributed by atoms with Crippen molar-refractivity contribution in [3.8, 4) is 11.3 Å². The number of carbonyl (C=O) groups is 1. The average Bonchev–Trinajstić information content (AvgIpc) is 3.33. The number of aromatic nitrogens is 4. The van der Waals surface area contributed by atoms with E-state index in [0.717, 1.165) is 28.0 Å². The predicted octanol–water partition coefficient (Wildman–Crippen LogP) is 4.10. The highest BCUT2D eigenvalue weighted by Gasteiger charge is 2.40. The lowest BCUT2D eigenvalue weighted by molar-refractivity contribution is -0.148. The molecule has 0 radical (unpaired) electrons. The van der Waals surface area contributed by atoms with Gasteiger partial charge < -0.3 is 9.47 Å². The van der Waals surface area contributed by atoms with Gasteiger partial charge in [-0.25, -0.2) is 4.98 Å². The summed E-state index contributed by atoms with van der Waals surface area (Å²) in [4.78, 5) is 18.1. The summed E-state index contributed by atoms with van der Waals surface area (Å²) < 4.78 is 78.3. The first kappa shape index (κ1) is 20.3. The highest BCUT2D eigenvalue weighted by atomic mass is 32.1. The number of halogens is 6. The molecule has 0 atom stereocenters. The SMILES string of the molecule is O=C(c1nc(-c2cccc(C(F)(F)F)c2)cs1)N1CCn2c(nnc2C(F)(F)F)C1. The van der Waals surface area contributed by atoms with Crippen LogP contribution in [0.15, 0.2) is 29.6 Å². The van der Waals surface area contributed by atoms with Crippen LogP contribution < -0.4 is 0 Å². The first-order chi connectivity index (χ1) is 14.0. The Balaban J connectivity index is 1.54. The Morgan fingerprint density at radius 3 is 2.50 bits per heavy atom. The largest absolute Gasteiger partial charge is 0.451 e. The Bertz CT molecular complexity index is 1100. The van der Waals surface area contributed by atoms with Crippen molar-refractivity contribution >= 4 is 17.2 Å². The number of hydrogen-bond donors (Lipinski definition) is 0. The van der Waals surface area contributed by atoms with Crippen LogP contribution >= 0.6 is 11.3 Å². The Hall–Kier alpha value is -2.96. The lowest BCUT2D eigenvalue weighted by Crippen LogP contribution is -2.39. The molecule has 1 amide bonds. The Morgan fingerprint density at radius 1 is 1.03 bits per heavy atom. The van der Waals surface area contributed by atoms with Gasteiger partial charge in [-0.2, -0.15) is 26.3 Å². The molecule has 1 aliphatic rings. The highest BCUT2D eigenvalue weighted by molar-refractivity contribution is 7.12. The number of benzene rings is 1. The van der Waals surface area contributed by atoms with Gasteiger partial charge in [0, 0.05) is 24.0 Å². The number of rotatable bonds is 2. The molecular formula is C17H11F6N5OS. The van der Waals surface area contributed by atoms with Gasteiger partial charge in [0.05, 0.1) is 17.8 Å². The molecule has 0 aliphatic carbocycles. The molecule has 0 fully saturated rings. The molecule has 1 aromatic carbocycles. The van der Waals surface area contributed by atoms with Crippen molar-refractivity contribution in [1.29, 1.82) is 0 Å². The minimum absolute atomic E-state index is 0.00316. The van der Waals surface area contributed by atoms with E-state index in [9.17, 15) is 31.1 Å². The van der Waals surface area contributed by atoms with Crippen LogP contribution in [0, 0.1) is 0 Å². The van der Waals surface area contributed by atoms with E-state index in [2.05, 4.69) is 15.2 Å². The van der Waals surface area contributed by atoms with E-state index in [1.54, 1.807) is 0 Å². The van der Waals surface area contributed by atoms with Crippen LogP contribution in [0.3, 0.4) is 0 Å². The molecule has 30 heavy (non-hydrogen) atoms. The van der Waals surface area contributed by atoms with Crippen molar-refractivity contribution in [2.45, 2.75) is 25.4 Å². The number of fused-ring (bicyclic) bond motifs is 1. The Morgan fingerprint density at radius 2 is 1.80 bits per heavy atom. The van der Waals surface area contributed by atoms with Crippen LogP contribution in [0.25, 0.3) is 11.3 Å². The van der Waals surface area contributed by atoms with Gasteiger partial charge in [-0.1, -0.05) is 12.1 Å². The normalized spacial score (nSPS) is 14.7. The molecule has 3 aromatic rings. The van der Waals surface area contributed by atoms with E-state index in [-0.39, 0.29) is 41.7 Å². The molecule has 0 N–H and O–H groups in total. The Labute approximate surface area is 168 Å². The predicted molar refractivity (Wildman–Crippen MR) is 92.3 cm³/mol. The van der Waals surface area contributed by atoms with Gasteiger partial charge in [0.15, 0.2) is 10.8 Å². The van der Waals surface area contributed by atoms with Crippen LogP contribution in [-0.4, -0.2) is 37.1 Å². The summed E-state index contributed by atoms with van der Waals surface area (Å²) in [5.41, 5.74) is -0.431. The summed E-state index contributed by atoms with van der Waals surface area (Å²) >= 11 is 0.944. The van der Waals surface area contributed by atoms with E-state index in [1.807, 2.05) is 0 Å². The number of amides is 1. The second kappa shape index (κ2) is 7.07. The molecule has 0 bridgehead atoms. The summed E-state index contributed by atoms with van der Waals surface area (Å²) in [5, 5.41) is 8.14. The quantitative estimate of drug-likeness (QED) is 0.555. The number of carbonyl (C=O) groups excluding carboxylic acids is 1. The molecular weight excluding hydrogens is 436 g/mol. The summed E-state index contributed by atoms with van der Waals surface area (Å²) in [6.45, 7) is -0.319. The van der Waals surface area contributed by atoms with E-state index in [1.165, 1.54) is 22.4 Å². The van der Waals surface area contributed by atoms with Gasteiger partial charge in [0.1, 0.15) is 0 Å². The summed E-state index contributed by atoms with van der Waals surface area (Å²) in [7, 11) is 0. The van der Waals surface area contributed by atoms with E-state index in [0.29, 0.717) is 0 Å². The van der Waals surface area contributed by atoms with Crippen molar-refractivity contribution in [1.82, 2.24) is 24.6 Å². The van der Waals surface area contributed by atoms with Crippen molar-refractivity contribution in [3.05, 3.63) is 51.9 Å². The van der Waals surface area contributed by atoms with Gasteiger partial charge in [0.25, 0.3) is 5.91 Å². The fourth-order valence-corrected chi connectivity index (χ4v) is 3.83. The molecule has 0 saturated carbocycles. The molecule has 1 aliphatic heterocycles. The molecule has 13 heteroatoms. The standard InChI is InChI=1S/C17H11F6N5OS/c18-16(19,20)10-3-1-2-9(6-10)11-8-30-13(24-11)14(29)27-4-5-28-12(7-27)25-26-15(28)17(21,22)23/h1-3,6,8H,4-5,7H2. The molecule has 6 nitrogen and oxygen atoms in total. The highest BCUT2D eigenvalue weighted by Crippen LogP contribution is 2.33. The molecule has 158 valence electrons. The van der Waals surface area contributed by atoms with Gasteiger partial charge >= 0.3 is 12.4 Å². The van der Waals surface area contributed by atoms with Crippen molar-refractivity contribution < 1.29 is 31.1 Å². The van der Waals surface area contributed by atoms with Crippen LogP contribution in [0.1, 0.15) is 27.0 Å². The minimum atomic E-state index is -4.65. The third-order valence-corrected chi connectivity index (χ3v) is 5.30. The second-order valence-electron chi connectivity index (χ2n) is 6.43. The van der Waals surface area contributed by atoms with E-state index in [4.69, 9.17) is 0 Å². The number of thiazole rings is 1. The van der Waals surface area contributed by atoms with Crippen LogP contribution in [0.2, 0.25) is 0 Å². The smallest absolute Gasteiger partial charge is 0.327 e. The molecule has 0 saturated heterocycles. The van der Waals surface area contributed by atoms with Gasteiger partial charge in [0.2, 0.25) is 5.82 Å². The molecule has 0 spiro atoms. The van der Waals surface area contributed by atoms with E-state index < -0.39 is 29.6 Å². The maximum atomic E-state index is 12.9. The monoisotopic (exact) mass is 447 g/mol. The van der Waals surface area contributed by atoms with Crippen LogP contribution in [-0.2, 0) is 25.4 Å². The zero-order valence-corrected chi connectivity index (χ0v) is 15.6. The number of alkyl halides is 6. The minimum Gasteiger partial charge on any atom is -0.327 e. The third kappa shape index (κ3) is 3.76. The third-order valence-electron chi connectivity index (χ3n) is 4.47. The van der Waals surface area contributed by atoms with Crippen molar-refractivity contribution in [2.75, 3.05) is 6.54 Å². The second-order valence-corrected chi connectivity index (χ2v) is 7.29.